The van der Waals surface area contributed by atoms with Crippen molar-refractivity contribution in [2.24, 2.45) is 10.2 Å². The molecule has 1 aromatic rings. The molecule has 0 spiro atoms. The highest BCUT2D eigenvalue weighted by Gasteiger charge is 2.19. The Balaban J connectivity index is 2.15. The molecule has 0 atom stereocenters. The minimum absolute atomic E-state index is 0.0279. The summed E-state index contributed by atoms with van der Waals surface area (Å²) in [6.45, 7) is 0. The molecule has 2 rings (SSSR count). The van der Waals surface area contributed by atoms with Crippen LogP contribution in [0.2, 0.25) is 0 Å². The number of benzene rings is 1. The van der Waals surface area contributed by atoms with Crippen molar-refractivity contribution in [3.8, 4) is 0 Å². The Bertz CT molecular complexity index is 461. The van der Waals surface area contributed by atoms with Crippen molar-refractivity contribution in [2.45, 2.75) is 6.29 Å². The first-order valence-corrected chi connectivity index (χ1v) is 5.06. The van der Waals surface area contributed by atoms with E-state index in [-0.39, 0.29) is 12.0 Å². The Labute approximate surface area is 97.9 Å². The quantitative estimate of drug-likeness (QED) is 0.742. The van der Waals surface area contributed by atoms with Gasteiger partial charge in [-0.25, -0.2) is 8.78 Å². The van der Waals surface area contributed by atoms with Crippen molar-refractivity contribution in [3.05, 3.63) is 42.2 Å². The molecule has 1 aromatic carbocycles. The molecule has 6 heteroatoms. The van der Waals surface area contributed by atoms with Crippen molar-refractivity contribution in [1.82, 2.24) is 9.80 Å². The lowest BCUT2D eigenvalue weighted by Crippen LogP contribution is -2.31. The van der Waals surface area contributed by atoms with Crippen LogP contribution in [0.4, 0.5) is 14.5 Å². The molecule has 0 amide bonds. The van der Waals surface area contributed by atoms with Crippen molar-refractivity contribution in [2.75, 3.05) is 14.1 Å². The van der Waals surface area contributed by atoms with E-state index < -0.39 is 11.6 Å². The molecule has 0 fully saturated rings. The molecule has 1 aliphatic heterocycles. The SMILES string of the molecule is CN1C=CN(C)C1/N=N/c1ccc(F)cc1F. The van der Waals surface area contributed by atoms with Gasteiger partial charge in [0, 0.05) is 32.6 Å². The van der Waals surface area contributed by atoms with E-state index in [4.69, 9.17) is 0 Å². The number of nitrogens with zero attached hydrogens (tertiary/aromatic N) is 4. The second-order valence-corrected chi connectivity index (χ2v) is 3.79. The number of rotatable bonds is 2. The average molecular weight is 238 g/mol. The summed E-state index contributed by atoms with van der Waals surface area (Å²) in [5.74, 6) is -1.34. The lowest BCUT2D eigenvalue weighted by molar-refractivity contribution is 0.206. The van der Waals surface area contributed by atoms with Gasteiger partial charge >= 0.3 is 0 Å². The summed E-state index contributed by atoms with van der Waals surface area (Å²) in [5, 5.41) is 7.79. The third kappa shape index (κ3) is 2.41. The molecule has 0 saturated heterocycles. The molecule has 1 heterocycles. The Kier molecular flexibility index (Phi) is 3.03. The van der Waals surface area contributed by atoms with Crippen LogP contribution in [0.5, 0.6) is 0 Å². The molecule has 0 aliphatic carbocycles. The monoisotopic (exact) mass is 238 g/mol. The van der Waals surface area contributed by atoms with Crippen LogP contribution in [0.1, 0.15) is 0 Å². The van der Waals surface area contributed by atoms with E-state index in [2.05, 4.69) is 10.2 Å². The summed E-state index contributed by atoms with van der Waals surface area (Å²) in [7, 11) is 3.68. The Morgan fingerprint density at radius 1 is 1.12 bits per heavy atom. The van der Waals surface area contributed by atoms with E-state index in [1.54, 1.807) is 0 Å². The van der Waals surface area contributed by atoms with Crippen LogP contribution in [-0.2, 0) is 0 Å². The molecule has 0 unspecified atom stereocenters. The lowest BCUT2D eigenvalue weighted by atomic mass is 10.3. The van der Waals surface area contributed by atoms with E-state index in [0.717, 1.165) is 12.1 Å². The summed E-state index contributed by atoms with van der Waals surface area (Å²) < 4.78 is 26.0. The minimum atomic E-state index is -0.718. The first-order chi connectivity index (χ1) is 8.08. The van der Waals surface area contributed by atoms with Gasteiger partial charge in [0.25, 0.3) is 0 Å². The first-order valence-electron chi connectivity index (χ1n) is 5.06. The highest BCUT2D eigenvalue weighted by molar-refractivity contribution is 5.37. The van der Waals surface area contributed by atoms with Crippen LogP contribution in [0.25, 0.3) is 0 Å². The van der Waals surface area contributed by atoms with Crippen molar-refractivity contribution >= 4 is 5.69 Å². The van der Waals surface area contributed by atoms with E-state index in [9.17, 15) is 8.78 Å². The maximum absolute atomic E-state index is 13.3. The molecular weight excluding hydrogens is 226 g/mol. The summed E-state index contributed by atoms with van der Waals surface area (Å²) in [5.41, 5.74) is 0.0279. The maximum Gasteiger partial charge on any atom is 0.217 e. The number of hydrogen-bond donors (Lipinski definition) is 0. The number of hydrogen-bond acceptors (Lipinski definition) is 4. The lowest BCUT2D eigenvalue weighted by Gasteiger charge is -2.21. The Hall–Kier alpha value is -1.98. The predicted molar refractivity (Wildman–Crippen MR) is 59.3 cm³/mol. The van der Waals surface area contributed by atoms with Gasteiger partial charge in [0.15, 0.2) is 5.82 Å². The molecule has 0 radical (unpaired) electrons. The second kappa shape index (κ2) is 4.48. The summed E-state index contributed by atoms with van der Waals surface area (Å²) in [6.07, 6.45) is 3.38. The van der Waals surface area contributed by atoms with Crippen molar-refractivity contribution in [3.63, 3.8) is 0 Å². The maximum atomic E-state index is 13.3. The van der Waals surface area contributed by atoms with Gasteiger partial charge in [-0.15, -0.1) is 10.2 Å². The second-order valence-electron chi connectivity index (χ2n) is 3.79. The van der Waals surface area contributed by atoms with E-state index in [0.29, 0.717) is 0 Å². The third-order valence-electron chi connectivity index (χ3n) is 2.44. The highest BCUT2D eigenvalue weighted by atomic mass is 19.1. The summed E-state index contributed by atoms with van der Waals surface area (Å²) in [4.78, 5) is 3.65. The molecule has 0 saturated carbocycles. The van der Waals surface area contributed by atoms with Gasteiger partial charge in [-0.2, -0.15) is 0 Å². The average Bonchev–Trinajstić information content (AvgIpc) is 2.58. The molecule has 0 bridgehead atoms. The van der Waals surface area contributed by atoms with E-state index in [1.165, 1.54) is 6.07 Å². The molecule has 0 N–H and O–H groups in total. The van der Waals surface area contributed by atoms with Crippen LogP contribution in [0, 0.1) is 11.6 Å². The van der Waals surface area contributed by atoms with E-state index >= 15 is 0 Å². The molecule has 1 aliphatic rings. The fourth-order valence-corrected chi connectivity index (χ4v) is 1.49. The van der Waals surface area contributed by atoms with Gasteiger partial charge in [-0.1, -0.05) is 0 Å². The predicted octanol–water partition coefficient (Wildman–Crippen LogP) is 2.68. The molecule has 90 valence electrons. The molecule has 0 aromatic heterocycles. The Morgan fingerprint density at radius 2 is 1.76 bits per heavy atom. The van der Waals surface area contributed by atoms with Crippen LogP contribution in [0.15, 0.2) is 40.8 Å². The normalized spacial score (nSPS) is 16.5. The topological polar surface area (TPSA) is 31.2 Å². The zero-order chi connectivity index (χ0) is 12.4. The Morgan fingerprint density at radius 3 is 2.35 bits per heavy atom. The standard InChI is InChI=1S/C11H12F2N4/c1-16-5-6-17(2)11(16)15-14-10-4-3-8(12)7-9(10)13/h3-7,11H,1-2H3/b15-14+. The molecule has 17 heavy (non-hydrogen) atoms. The van der Waals surface area contributed by atoms with Crippen LogP contribution in [0.3, 0.4) is 0 Å². The first kappa shape index (κ1) is 11.5. The largest absolute Gasteiger partial charge is 0.340 e. The van der Waals surface area contributed by atoms with Crippen LogP contribution in [-0.4, -0.2) is 30.2 Å². The zero-order valence-electron chi connectivity index (χ0n) is 9.51. The fraction of sp³-hybridized carbons (Fsp3) is 0.273. The van der Waals surface area contributed by atoms with Crippen LogP contribution < -0.4 is 0 Å². The summed E-state index contributed by atoms with van der Waals surface area (Å²) >= 11 is 0. The van der Waals surface area contributed by atoms with Crippen LogP contribution >= 0.6 is 0 Å². The highest BCUT2D eigenvalue weighted by Crippen LogP contribution is 2.21. The van der Waals surface area contributed by atoms with Gasteiger partial charge in [-0.05, 0) is 12.1 Å². The van der Waals surface area contributed by atoms with Crippen molar-refractivity contribution in [1.29, 1.82) is 0 Å². The fourth-order valence-electron chi connectivity index (χ4n) is 1.49. The third-order valence-corrected chi connectivity index (χ3v) is 2.44. The number of azo groups is 1. The molecular formula is C11H12F2N4. The molecule has 4 nitrogen and oxygen atoms in total. The van der Waals surface area contributed by atoms with Crippen molar-refractivity contribution < 1.29 is 8.78 Å². The summed E-state index contributed by atoms with van der Waals surface area (Å²) in [6, 6.07) is 3.20. The number of halogens is 2. The smallest absolute Gasteiger partial charge is 0.217 e. The van der Waals surface area contributed by atoms with Gasteiger partial charge in [-0.3, -0.25) is 0 Å². The van der Waals surface area contributed by atoms with Gasteiger partial charge in [0.2, 0.25) is 6.29 Å². The van der Waals surface area contributed by atoms with Gasteiger partial charge in [0.05, 0.1) is 0 Å². The minimum Gasteiger partial charge on any atom is -0.340 e. The van der Waals surface area contributed by atoms with Gasteiger partial charge < -0.3 is 9.80 Å². The zero-order valence-corrected chi connectivity index (χ0v) is 9.51. The van der Waals surface area contributed by atoms with E-state index in [1.807, 2.05) is 36.3 Å². The van der Waals surface area contributed by atoms with Gasteiger partial charge in [0.1, 0.15) is 11.5 Å².